The van der Waals surface area contributed by atoms with Crippen LogP contribution in [0.3, 0.4) is 0 Å². The van der Waals surface area contributed by atoms with Crippen LogP contribution in [-0.2, 0) is 9.68 Å². The minimum Gasteiger partial charge on any atom is -0.296 e. The second-order valence-electron chi connectivity index (χ2n) is 2.90. The summed E-state index contributed by atoms with van der Waals surface area (Å²) < 4.78 is 0. The summed E-state index contributed by atoms with van der Waals surface area (Å²) in [7, 11) is 0. The van der Waals surface area contributed by atoms with Crippen LogP contribution in [0.15, 0.2) is 11.6 Å². The van der Waals surface area contributed by atoms with E-state index in [4.69, 9.17) is 5.26 Å². The molecule has 0 unspecified atom stereocenters. The van der Waals surface area contributed by atoms with Crippen LogP contribution in [0, 0.1) is 5.92 Å². The molecule has 0 aromatic heterocycles. The molecular formula is C8H14O3. The van der Waals surface area contributed by atoms with Gasteiger partial charge in [-0.25, -0.2) is 4.79 Å². The summed E-state index contributed by atoms with van der Waals surface area (Å²) in [6.45, 7) is 5.71. The van der Waals surface area contributed by atoms with E-state index in [2.05, 4.69) is 4.89 Å². The van der Waals surface area contributed by atoms with Gasteiger partial charge in [0.15, 0.2) is 0 Å². The fourth-order valence-corrected chi connectivity index (χ4v) is 0.568. The molecule has 0 amide bonds. The Morgan fingerprint density at radius 1 is 1.64 bits per heavy atom. The number of allylic oxidation sites excluding steroid dienone is 1. The van der Waals surface area contributed by atoms with Crippen LogP contribution in [0.25, 0.3) is 0 Å². The molecule has 0 fully saturated rings. The lowest BCUT2D eigenvalue weighted by Gasteiger charge is -1.99. The van der Waals surface area contributed by atoms with Gasteiger partial charge in [-0.3, -0.25) is 4.89 Å². The highest BCUT2D eigenvalue weighted by Crippen LogP contribution is 2.04. The quantitative estimate of drug-likeness (QED) is 0.388. The molecule has 0 spiro atoms. The predicted octanol–water partition coefficient (Wildman–Crippen LogP) is 2.00. The summed E-state index contributed by atoms with van der Waals surface area (Å²) in [5.74, 6) is -0.165. The van der Waals surface area contributed by atoms with Gasteiger partial charge in [0.05, 0.1) is 0 Å². The minimum absolute atomic E-state index is 0.446. The van der Waals surface area contributed by atoms with Crippen molar-refractivity contribution in [2.45, 2.75) is 27.2 Å². The summed E-state index contributed by atoms with van der Waals surface area (Å²) in [6, 6.07) is 0. The van der Waals surface area contributed by atoms with Gasteiger partial charge in [0.1, 0.15) is 0 Å². The molecule has 1 N–H and O–H groups in total. The molecule has 0 aliphatic carbocycles. The van der Waals surface area contributed by atoms with Crippen LogP contribution in [0.1, 0.15) is 27.2 Å². The van der Waals surface area contributed by atoms with Crippen molar-refractivity contribution in [3.05, 3.63) is 11.6 Å². The molecule has 3 nitrogen and oxygen atoms in total. The molecule has 0 bridgehead atoms. The third kappa shape index (κ3) is 4.56. The molecule has 0 heterocycles. The Labute approximate surface area is 66.6 Å². The SMILES string of the molecule is CC(=CCC(C)C)C(=O)OO. The standard InChI is InChI=1S/C8H14O3/c1-6(2)4-5-7(3)8(9)11-10/h5-6,10H,4H2,1-3H3. The number of hydrogen-bond acceptors (Lipinski definition) is 3. The molecule has 3 heteroatoms. The largest absolute Gasteiger partial charge is 0.368 e. The molecule has 0 atom stereocenters. The van der Waals surface area contributed by atoms with Crippen LogP contribution in [0.2, 0.25) is 0 Å². The Morgan fingerprint density at radius 2 is 2.18 bits per heavy atom. The topological polar surface area (TPSA) is 46.5 Å². The maximum absolute atomic E-state index is 10.6. The van der Waals surface area contributed by atoms with Crippen LogP contribution in [-0.4, -0.2) is 11.2 Å². The molecule has 0 aromatic carbocycles. The van der Waals surface area contributed by atoms with Crippen molar-refractivity contribution in [2.75, 3.05) is 0 Å². The Balaban J connectivity index is 3.90. The zero-order valence-electron chi connectivity index (χ0n) is 7.13. The van der Waals surface area contributed by atoms with Gasteiger partial charge in [0.2, 0.25) is 0 Å². The van der Waals surface area contributed by atoms with Gasteiger partial charge in [0, 0.05) is 5.57 Å². The van der Waals surface area contributed by atoms with Crippen molar-refractivity contribution < 1.29 is 14.9 Å². The maximum atomic E-state index is 10.6. The van der Waals surface area contributed by atoms with E-state index in [-0.39, 0.29) is 0 Å². The first-order chi connectivity index (χ1) is 5.07. The summed E-state index contributed by atoms with van der Waals surface area (Å²) >= 11 is 0. The molecule has 0 aromatic rings. The first-order valence-electron chi connectivity index (χ1n) is 3.60. The van der Waals surface area contributed by atoms with Crippen LogP contribution in [0.5, 0.6) is 0 Å². The average molecular weight is 158 g/mol. The van der Waals surface area contributed by atoms with Gasteiger partial charge in [0.25, 0.3) is 0 Å². The van der Waals surface area contributed by atoms with E-state index in [0.717, 1.165) is 6.42 Å². The van der Waals surface area contributed by atoms with E-state index >= 15 is 0 Å². The number of hydrogen-bond donors (Lipinski definition) is 1. The molecule has 64 valence electrons. The normalized spacial score (nSPS) is 11.9. The lowest BCUT2D eigenvalue weighted by atomic mass is 10.1. The minimum atomic E-state index is -0.675. The first kappa shape index (κ1) is 10.2. The zero-order valence-corrected chi connectivity index (χ0v) is 7.13. The summed E-state index contributed by atoms with van der Waals surface area (Å²) in [5, 5.41) is 7.98. The third-order valence-electron chi connectivity index (χ3n) is 1.30. The van der Waals surface area contributed by atoms with Crippen molar-refractivity contribution in [2.24, 2.45) is 5.92 Å². The smallest absolute Gasteiger partial charge is 0.296 e. The van der Waals surface area contributed by atoms with Crippen LogP contribution >= 0.6 is 0 Å². The van der Waals surface area contributed by atoms with E-state index in [1.807, 2.05) is 13.8 Å². The molecule has 0 rings (SSSR count). The summed E-state index contributed by atoms with van der Waals surface area (Å²) in [4.78, 5) is 14.1. The van der Waals surface area contributed by atoms with E-state index in [1.54, 1.807) is 13.0 Å². The lowest BCUT2D eigenvalue weighted by molar-refractivity contribution is -0.229. The van der Waals surface area contributed by atoms with Crippen molar-refractivity contribution >= 4 is 5.97 Å². The molecule has 11 heavy (non-hydrogen) atoms. The first-order valence-corrected chi connectivity index (χ1v) is 3.60. The van der Waals surface area contributed by atoms with Gasteiger partial charge < -0.3 is 0 Å². The van der Waals surface area contributed by atoms with E-state index < -0.39 is 5.97 Å². The Bertz CT molecular complexity index is 159. The number of rotatable bonds is 3. The third-order valence-corrected chi connectivity index (χ3v) is 1.30. The van der Waals surface area contributed by atoms with Gasteiger partial charge >= 0.3 is 5.97 Å². The van der Waals surface area contributed by atoms with Crippen molar-refractivity contribution in [1.82, 2.24) is 0 Å². The summed E-state index contributed by atoms with van der Waals surface area (Å²) in [6.07, 6.45) is 2.57. The van der Waals surface area contributed by atoms with Crippen molar-refractivity contribution in [3.8, 4) is 0 Å². The van der Waals surface area contributed by atoms with Crippen molar-refractivity contribution in [1.29, 1.82) is 0 Å². The highest BCUT2D eigenvalue weighted by atomic mass is 17.1. The zero-order chi connectivity index (χ0) is 8.85. The van der Waals surface area contributed by atoms with E-state index in [9.17, 15) is 4.79 Å². The molecular weight excluding hydrogens is 144 g/mol. The Morgan fingerprint density at radius 3 is 2.55 bits per heavy atom. The number of carbonyl (C=O) groups excluding carboxylic acids is 1. The monoisotopic (exact) mass is 158 g/mol. The second kappa shape index (κ2) is 4.91. The highest BCUT2D eigenvalue weighted by Gasteiger charge is 2.03. The number of carbonyl (C=O) groups is 1. The fourth-order valence-electron chi connectivity index (χ4n) is 0.568. The average Bonchev–Trinajstić information content (AvgIpc) is 1.98. The summed E-state index contributed by atoms with van der Waals surface area (Å²) in [5.41, 5.74) is 0.446. The van der Waals surface area contributed by atoms with Crippen LogP contribution in [0.4, 0.5) is 0 Å². The molecule has 0 saturated carbocycles. The van der Waals surface area contributed by atoms with Gasteiger partial charge in [-0.05, 0) is 19.3 Å². The Hall–Kier alpha value is -0.830. The van der Waals surface area contributed by atoms with Gasteiger partial charge in [-0.15, -0.1) is 0 Å². The van der Waals surface area contributed by atoms with Crippen LogP contribution < -0.4 is 0 Å². The molecule has 0 aliphatic heterocycles. The van der Waals surface area contributed by atoms with E-state index in [0.29, 0.717) is 11.5 Å². The Kier molecular flexibility index (Phi) is 4.54. The molecule has 0 aliphatic rings. The van der Waals surface area contributed by atoms with E-state index in [1.165, 1.54) is 0 Å². The molecule has 0 saturated heterocycles. The second-order valence-corrected chi connectivity index (χ2v) is 2.90. The predicted molar refractivity (Wildman–Crippen MR) is 41.9 cm³/mol. The maximum Gasteiger partial charge on any atom is 0.368 e. The highest BCUT2D eigenvalue weighted by molar-refractivity contribution is 5.87. The van der Waals surface area contributed by atoms with Gasteiger partial charge in [-0.2, -0.15) is 5.26 Å². The lowest BCUT2D eigenvalue weighted by Crippen LogP contribution is -2.02. The fraction of sp³-hybridized carbons (Fsp3) is 0.625. The molecule has 0 radical (unpaired) electrons. The van der Waals surface area contributed by atoms with Crippen molar-refractivity contribution in [3.63, 3.8) is 0 Å². The van der Waals surface area contributed by atoms with Gasteiger partial charge in [-0.1, -0.05) is 19.9 Å².